The van der Waals surface area contributed by atoms with Gasteiger partial charge in [-0.2, -0.15) is 5.10 Å². The number of hydrogen-bond acceptors (Lipinski definition) is 6. The van der Waals surface area contributed by atoms with Gasteiger partial charge in [0.05, 0.1) is 17.9 Å². The van der Waals surface area contributed by atoms with Crippen molar-refractivity contribution in [3.05, 3.63) is 64.3 Å². The molecule has 0 atom stereocenters. The molecular formula is C24H24N4O3S. The van der Waals surface area contributed by atoms with Crippen LogP contribution in [0.3, 0.4) is 0 Å². The Balaban J connectivity index is 1.64. The van der Waals surface area contributed by atoms with E-state index in [1.54, 1.807) is 17.8 Å². The molecular weight excluding hydrogens is 424 g/mol. The Bertz CT molecular complexity index is 1310. The molecule has 4 aromatic rings. The Hall–Kier alpha value is -3.52. The molecule has 0 unspecified atom stereocenters. The molecule has 3 heterocycles. The summed E-state index contributed by atoms with van der Waals surface area (Å²) in [6.45, 7) is 7.69. The van der Waals surface area contributed by atoms with Gasteiger partial charge in [-0.15, -0.1) is 11.3 Å². The maximum Gasteiger partial charge on any atom is 0.341 e. The number of carbonyl (C=O) groups is 2. The second-order valence-corrected chi connectivity index (χ2v) is 8.65. The summed E-state index contributed by atoms with van der Waals surface area (Å²) in [5.41, 5.74) is 4.76. The Labute approximate surface area is 190 Å². The highest BCUT2D eigenvalue weighted by molar-refractivity contribution is 7.16. The zero-order valence-corrected chi connectivity index (χ0v) is 19.2. The van der Waals surface area contributed by atoms with E-state index < -0.39 is 5.97 Å². The molecule has 0 aliphatic heterocycles. The van der Waals surface area contributed by atoms with Gasteiger partial charge >= 0.3 is 5.97 Å². The molecule has 0 radical (unpaired) electrons. The lowest BCUT2D eigenvalue weighted by Crippen LogP contribution is -2.20. The number of aromatic nitrogens is 3. The zero-order valence-electron chi connectivity index (χ0n) is 18.4. The van der Waals surface area contributed by atoms with Crippen LogP contribution in [0.5, 0.6) is 0 Å². The second kappa shape index (κ2) is 8.92. The number of benzene rings is 1. The van der Waals surface area contributed by atoms with Crippen LogP contribution < -0.4 is 5.32 Å². The van der Waals surface area contributed by atoms with Crippen molar-refractivity contribution < 1.29 is 14.3 Å². The van der Waals surface area contributed by atoms with Crippen LogP contribution in [-0.4, -0.2) is 33.2 Å². The van der Waals surface area contributed by atoms with Crippen LogP contribution >= 0.6 is 11.3 Å². The number of aryl methyl sites for hydroxylation is 2. The van der Waals surface area contributed by atoms with Gasteiger partial charge in [-0.1, -0.05) is 30.3 Å². The Morgan fingerprint density at radius 3 is 2.59 bits per heavy atom. The third-order valence-corrected chi connectivity index (χ3v) is 6.43. The smallest absolute Gasteiger partial charge is 0.341 e. The minimum Gasteiger partial charge on any atom is -0.462 e. The standard InChI is InChI=1S/C24H24N4O3S/c1-5-31-24(30)20-14(2)16(4)32-23(20)26-19(29)13-28-22-21(15(3)27-28)18(11-12-25-22)17-9-7-6-8-10-17/h6-12H,5,13H2,1-4H3,(H,26,29). The first-order valence-electron chi connectivity index (χ1n) is 10.3. The van der Waals surface area contributed by atoms with Gasteiger partial charge in [0, 0.05) is 16.5 Å². The Morgan fingerprint density at radius 1 is 1.12 bits per heavy atom. The summed E-state index contributed by atoms with van der Waals surface area (Å²) in [5, 5.41) is 8.86. The quantitative estimate of drug-likeness (QED) is 0.424. The van der Waals surface area contributed by atoms with Crippen LogP contribution in [0.15, 0.2) is 42.6 Å². The van der Waals surface area contributed by atoms with Crippen molar-refractivity contribution in [1.29, 1.82) is 0 Å². The summed E-state index contributed by atoms with van der Waals surface area (Å²) in [6, 6.07) is 12.0. The molecule has 1 amide bonds. The van der Waals surface area contributed by atoms with Gasteiger partial charge in [0.1, 0.15) is 11.5 Å². The van der Waals surface area contributed by atoms with Crippen molar-refractivity contribution >= 4 is 39.2 Å². The molecule has 0 spiro atoms. The first kappa shape index (κ1) is 21.7. The molecule has 0 fully saturated rings. The summed E-state index contributed by atoms with van der Waals surface area (Å²) in [5.74, 6) is -0.715. The fraction of sp³-hybridized carbons (Fsp3) is 0.250. The van der Waals surface area contributed by atoms with Crippen LogP contribution in [0.4, 0.5) is 5.00 Å². The Morgan fingerprint density at radius 2 is 1.88 bits per heavy atom. The SMILES string of the molecule is CCOC(=O)c1c(NC(=O)Cn2nc(C)c3c(-c4ccccc4)ccnc32)sc(C)c1C. The monoisotopic (exact) mass is 448 g/mol. The number of carbonyl (C=O) groups excluding carboxylic acids is 2. The molecule has 0 saturated carbocycles. The molecule has 0 saturated heterocycles. The number of amides is 1. The molecule has 0 aliphatic carbocycles. The minimum atomic E-state index is -0.431. The van der Waals surface area contributed by atoms with Crippen molar-refractivity contribution in [2.45, 2.75) is 34.2 Å². The number of nitrogens with one attached hydrogen (secondary N) is 1. The van der Waals surface area contributed by atoms with E-state index >= 15 is 0 Å². The molecule has 3 aromatic heterocycles. The Kier molecular flexibility index (Phi) is 6.05. The summed E-state index contributed by atoms with van der Waals surface area (Å²) < 4.78 is 6.77. The molecule has 32 heavy (non-hydrogen) atoms. The number of ether oxygens (including phenoxy) is 1. The average Bonchev–Trinajstić information content (AvgIpc) is 3.24. The van der Waals surface area contributed by atoms with E-state index in [1.165, 1.54) is 11.3 Å². The van der Waals surface area contributed by atoms with Crippen LogP contribution in [0.25, 0.3) is 22.2 Å². The first-order chi connectivity index (χ1) is 15.4. The lowest BCUT2D eigenvalue weighted by molar-refractivity contribution is -0.116. The second-order valence-electron chi connectivity index (χ2n) is 7.42. The molecule has 7 nitrogen and oxygen atoms in total. The van der Waals surface area contributed by atoms with Crippen LogP contribution in [-0.2, 0) is 16.1 Å². The fourth-order valence-corrected chi connectivity index (χ4v) is 4.78. The molecule has 8 heteroatoms. The van der Waals surface area contributed by atoms with Gasteiger partial charge < -0.3 is 10.1 Å². The van der Waals surface area contributed by atoms with E-state index in [0.29, 0.717) is 16.2 Å². The van der Waals surface area contributed by atoms with Crippen molar-refractivity contribution in [3.8, 4) is 11.1 Å². The molecule has 1 N–H and O–H groups in total. The maximum absolute atomic E-state index is 12.9. The molecule has 1 aromatic carbocycles. The number of thiophene rings is 1. The van der Waals surface area contributed by atoms with E-state index in [0.717, 1.165) is 32.6 Å². The van der Waals surface area contributed by atoms with Crippen LogP contribution in [0.1, 0.15) is 33.4 Å². The molecule has 164 valence electrons. The van der Waals surface area contributed by atoms with Crippen molar-refractivity contribution in [2.24, 2.45) is 0 Å². The predicted molar refractivity (Wildman–Crippen MR) is 126 cm³/mol. The van der Waals surface area contributed by atoms with E-state index in [4.69, 9.17) is 4.74 Å². The van der Waals surface area contributed by atoms with Gasteiger partial charge in [0.25, 0.3) is 0 Å². The minimum absolute atomic E-state index is 0.0200. The van der Waals surface area contributed by atoms with Gasteiger partial charge in [-0.25, -0.2) is 14.5 Å². The van der Waals surface area contributed by atoms with Gasteiger partial charge in [0.2, 0.25) is 5.91 Å². The third kappa shape index (κ3) is 4.01. The summed E-state index contributed by atoms with van der Waals surface area (Å²) in [6.07, 6.45) is 1.73. The largest absolute Gasteiger partial charge is 0.462 e. The highest BCUT2D eigenvalue weighted by Gasteiger charge is 2.23. The highest BCUT2D eigenvalue weighted by Crippen LogP contribution is 2.33. The van der Waals surface area contributed by atoms with Crippen LogP contribution in [0, 0.1) is 20.8 Å². The topological polar surface area (TPSA) is 86.1 Å². The van der Waals surface area contributed by atoms with E-state index in [-0.39, 0.29) is 19.1 Å². The normalized spacial score (nSPS) is 11.0. The number of esters is 1. The van der Waals surface area contributed by atoms with Gasteiger partial charge in [-0.05, 0) is 50.5 Å². The molecule has 4 rings (SSSR count). The van der Waals surface area contributed by atoms with Crippen LogP contribution in [0.2, 0.25) is 0 Å². The van der Waals surface area contributed by atoms with Crippen molar-refractivity contribution in [1.82, 2.24) is 14.8 Å². The van der Waals surface area contributed by atoms with Crippen molar-refractivity contribution in [2.75, 3.05) is 11.9 Å². The molecule has 0 aliphatic rings. The first-order valence-corrected chi connectivity index (χ1v) is 11.2. The number of nitrogens with zero attached hydrogens (tertiary/aromatic N) is 3. The maximum atomic E-state index is 12.9. The number of hydrogen-bond donors (Lipinski definition) is 1. The average molecular weight is 449 g/mol. The van der Waals surface area contributed by atoms with Gasteiger partial charge in [0.15, 0.2) is 5.65 Å². The molecule has 0 bridgehead atoms. The summed E-state index contributed by atoms with van der Waals surface area (Å²) in [4.78, 5) is 30.7. The predicted octanol–water partition coefficient (Wildman–Crippen LogP) is 4.90. The lowest BCUT2D eigenvalue weighted by Gasteiger charge is -2.08. The third-order valence-electron chi connectivity index (χ3n) is 5.30. The highest BCUT2D eigenvalue weighted by atomic mass is 32.1. The van der Waals surface area contributed by atoms with E-state index in [9.17, 15) is 9.59 Å². The fourth-order valence-electron chi connectivity index (χ4n) is 3.72. The number of rotatable bonds is 6. The number of pyridine rings is 1. The summed E-state index contributed by atoms with van der Waals surface area (Å²) >= 11 is 1.36. The van der Waals surface area contributed by atoms with Crippen molar-refractivity contribution in [3.63, 3.8) is 0 Å². The zero-order chi connectivity index (χ0) is 22.8. The lowest BCUT2D eigenvalue weighted by atomic mass is 10.0. The number of fused-ring (bicyclic) bond motifs is 1. The van der Waals surface area contributed by atoms with E-state index in [1.807, 2.05) is 57.2 Å². The summed E-state index contributed by atoms with van der Waals surface area (Å²) in [7, 11) is 0. The number of anilines is 1. The van der Waals surface area contributed by atoms with E-state index in [2.05, 4.69) is 15.4 Å². The van der Waals surface area contributed by atoms with Gasteiger partial charge in [-0.3, -0.25) is 4.79 Å².